The van der Waals surface area contributed by atoms with Gasteiger partial charge >= 0.3 is 5.97 Å². The Balaban J connectivity index is 2.25. The van der Waals surface area contributed by atoms with E-state index in [1.54, 1.807) is 24.3 Å². The fourth-order valence-electron chi connectivity index (χ4n) is 1.35. The van der Waals surface area contributed by atoms with Gasteiger partial charge < -0.3 is 10.4 Å². The minimum atomic E-state index is -1.06. The second-order valence-electron chi connectivity index (χ2n) is 3.47. The number of benzene rings is 1. The van der Waals surface area contributed by atoms with Gasteiger partial charge in [0, 0.05) is 10.2 Å². The summed E-state index contributed by atoms with van der Waals surface area (Å²) in [5, 5.41) is 12.4. The lowest BCUT2D eigenvalue weighted by Crippen LogP contribution is -2.02. The van der Waals surface area contributed by atoms with E-state index in [0.717, 1.165) is 10.2 Å². The van der Waals surface area contributed by atoms with Crippen molar-refractivity contribution in [3.05, 3.63) is 51.6 Å². The maximum atomic E-state index is 10.8. The molecule has 0 aliphatic heterocycles. The van der Waals surface area contributed by atoms with Crippen molar-refractivity contribution in [1.82, 2.24) is 4.98 Å². The maximum Gasteiger partial charge on any atom is 0.354 e. The average molecular weight is 328 g/mol. The molecule has 0 aliphatic carbocycles. The molecule has 1 aromatic carbocycles. The van der Waals surface area contributed by atoms with Gasteiger partial charge in [0.25, 0.3) is 0 Å². The molecule has 2 aromatic rings. The van der Waals surface area contributed by atoms with Gasteiger partial charge in [-0.2, -0.15) is 0 Å². The fourth-order valence-corrected chi connectivity index (χ4v) is 1.77. The molecule has 0 amide bonds. The van der Waals surface area contributed by atoms with E-state index >= 15 is 0 Å². The highest BCUT2D eigenvalue weighted by Gasteiger charge is 2.05. The predicted molar refractivity (Wildman–Crippen MR) is 73.6 cm³/mol. The zero-order valence-electron chi connectivity index (χ0n) is 9.02. The van der Waals surface area contributed by atoms with E-state index in [0.29, 0.717) is 10.8 Å². The van der Waals surface area contributed by atoms with Crippen molar-refractivity contribution < 1.29 is 9.90 Å². The SMILES string of the molecule is O=C(O)c1cccc(Nc2ccc(Br)c(Cl)c2)n1. The molecule has 0 fully saturated rings. The number of carbonyl (C=O) groups is 1. The van der Waals surface area contributed by atoms with Crippen LogP contribution >= 0.6 is 27.5 Å². The van der Waals surface area contributed by atoms with E-state index in [1.165, 1.54) is 6.07 Å². The second-order valence-corrected chi connectivity index (χ2v) is 4.73. The Labute approximate surface area is 117 Å². The number of nitrogens with one attached hydrogen (secondary N) is 1. The summed E-state index contributed by atoms with van der Waals surface area (Å²) in [7, 11) is 0. The monoisotopic (exact) mass is 326 g/mol. The van der Waals surface area contributed by atoms with Crippen molar-refractivity contribution >= 4 is 45.0 Å². The van der Waals surface area contributed by atoms with Crippen molar-refractivity contribution in [1.29, 1.82) is 0 Å². The van der Waals surface area contributed by atoms with Crippen LogP contribution in [-0.2, 0) is 0 Å². The summed E-state index contributed by atoms with van der Waals surface area (Å²) < 4.78 is 0.793. The minimum absolute atomic E-state index is 0.0109. The number of nitrogens with zero attached hydrogens (tertiary/aromatic N) is 1. The van der Waals surface area contributed by atoms with Crippen LogP contribution in [0.4, 0.5) is 11.5 Å². The van der Waals surface area contributed by atoms with E-state index in [1.807, 2.05) is 6.07 Å². The number of anilines is 2. The highest BCUT2D eigenvalue weighted by Crippen LogP contribution is 2.26. The number of aromatic carboxylic acids is 1. The van der Waals surface area contributed by atoms with Crippen molar-refractivity contribution in [3.63, 3.8) is 0 Å². The molecule has 0 saturated carbocycles. The molecule has 0 radical (unpaired) electrons. The van der Waals surface area contributed by atoms with Crippen LogP contribution in [0.5, 0.6) is 0 Å². The normalized spacial score (nSPS) is 10.1. The average Bonchev–Trinajstić information content (AvgIpc) is 2.34. The molecule has 1 aromatic heterocycles. The Morgan fingerprint density at radius 2 is 2.11 bits per heavy atom. The second kappa shape index (κ2) is 5.37. The molecule has 18 heavy (non-hydrogen) atoms. The molecule has 0 spiro atoms. The molecule has 0 saturated heterocycles. The van der Waals surface area contributed by atoms with Gasteiger partial charge in [0.15, 0.2) is 5.69 Å². The molecule has 2 rings (SSSR count). The van der Waals surface area contributed by atoms with E-state index in [-0.39, 0.29) is 5.69 Å². The summed E-state index contributed by atoms with van der Waals surface area (Å²) in [5.41, 5.74) is 0.724. The Morgan fingerprint density at radius 3 is 2.78 bits per heavy atom. The van der Waals surface area contributed by atoms with Crippen molar-refractivity contribution in [2.45, 2.75) is 0 Å². The van der Waals surface area contributed by atoms with Crippen LogP contribution in [0, 0.1) is 0 Å². The van der Waals surface area contributed by atoms with Crippen LogP contribution in [0.15, 0.2) is 40.9 Å². The first-order valence-corrected chi connectivity index (χ1v) is 6.16. The first-order valence-electron chi connectivity index (χ1n) is 4.98. The molecule has 0 unspecified atom stereocenters. The topological polar surface area (TPSA) is 62.2 Å². The Morgan fingerprint density at radius 1 is 1.33 bits per heavy atom. The van der Waals surface area contributed by atoms with Gasteiger partial charge in [-0.15, -0.1) is 0 Å². The van der Waals surface area contributed by atoms with Gasteiger partial charge in [0.2, 0.25) is 0 Å². The summed E-state index contributed by atoms with van der Waals surface area (Å²) >= 11 is 9.25. The number of rotatable bonds is 3. The quantitative estimate of drug-likeness (QED) is 0.896. The zero-order chi connectivity index (χ0) is 13.1. The molecule has 2 N–H and O–H groups in total. The summed E-state index contributed by atoms with van der Waals surface area (Å²) in [6.45, 7) is 0. The summed E-state index contributed by atoms with van der Waals surface area (Å²) in [6.07, 6.45) is 0. The number of halogens is 2. The van der Waals surface area contributed by atoms with E-state index in [9.17, 15) is 4.79 Å². The smallest absolute Gasteiger partial charge is 0.354 e. The highest BCUT2D eigenvalue weighted by atomic mass is 79.9. The molecule has 4 nitrogen and oxygen atoms in total. The molecular weight excluding hydrogens is 320 g/mol. The standard InChI is InChI=1S/C12H8BrClN2O2/c13-8-5-4-7(6-9(8)14)15-11-3-1-2-10(16-11)12(17)18/h1-6H,(H,15,16)(H,17,18). The maximum absolute atomic E-state index is 10.8. The first-order chi connectivity index (χ1) is 8.56. The fraction of sp³-hybridized carbons (Fsp3) is 0. The molecule has 0 bridgehead atoms. The van der Waals surface area contributed by atoms with Crippen LogP contribution in [0.2, 0.25) is 5.02 Å². The third-order valence-corrected chi connectivity index (χ3v) is 3.39. The minimum Gasteiger partial charge on any atom is -0.477 e. The molecule has 92 valence electrons. The lowest BCUT2D eigenvalue weighted by Gasteiger charge is -2.07. The Bertz CT molecular complexity index is 604. The largest absolute Gasteiger partial charge is 0.477 e. The molecule has 0 atom stereocenters. The Hall–Kier alpha value is -1.59. The number of pyridine rings is 1. The summed E-state index contributed by atoms with van der Waals surface area (Å²) in [5.74, 6) is -0.610. The summed E-state index contributed by atoms with van der Waals surface area (Å²) in [6, 6.07) is 10.1. The number of hydrogen-bond acceptors (Lipinski definition) is 3. The molecule has 6 heteroatoms. The van der Waals surface area contributed by atoms with Crippen LogP contribution in [-0.4, -0.2) is 16.1 Å². The van der Waals surface area contributed by atoms with Crippen LogP contribution in [0.25, 0.3) is 0 Å². The van der Waals surface area contributed by atoms with Gasteiger partial charge in [-0.3, -0.25) is 0 Å². The number of carboxylic acid groups (broad SMARTS) is 1. The van der Waals surface area contributed by atoms with E-state index in [2.05, 4.69) is 26.2 Å². The lowest BCUT2D eigenvalue weighted by molar-refractivity contribution is 0.0690. The van der Waals surface area contributed by atoms with Gasteiger partial charge in [0.1, 0.15) is 5.82 Å². The third-order valence-electron chi connectivity index (χ3n) is 2.16. The predicted octanol–water partition coefficient (Wildman–Crippen LogP) is 3.94. The Kier molecular flexibility index (Phi) is 3.84. The van der Waals surface area contributed by atoms with Crippen LogP contribution < -0.4 is 5.32 Å². The molecule has 1 heterocycles. The highest BCUT2D eigenvalue weighted by molar-refractivity contribution is 9.10. The van der Waals surface area contributed by atoms with Gasteiger partial charge in [-0.1, -0.05) is 17.7 Å². The number of hydrogen-bond donors (Lipinski definition) is 2. The van der Waals surface area contributed by atoms with Crippen molar-refractivity contribution in [2.75, 3.05) is 5.32 Å². The van der Waals surface area contributed by atoms with Crippen LogP contribution in [0.3, 0.4) is 0 Å². The van der Waals surface area contributed by atoms with E-state index < -0.39 is 5.97 Å². The van der Waals surface area contributed by atoms with Crippen molar-refractivity contribution in [3.8, 4) is 0 Å². The van der Waals surface area contributed by atoms with Crippen molar-refractivity contribution in [2.24, 2.45) is 0 Å². The molecular formula is C12H8BrClN2O2. The van der Waals surface area contributed by atoms with Gasteiger partial charge in [-0.25, -0.2) is 9.78 Å². The third kappa shape index (κ3) is 3.00. The van der Waals surface area contributed by atoms with Gasteiger partial charge in [0.05, 0.1) is 5.02 Å². The number of aromatic nitrogens is 1. The van der Waals surface area contributed by atoms with Crippen LogP contribution in [0.1, 0.15) is 10.5 Å². The van der Waals surface area contributed by atoms with Gasteiger partial charge in [-0.05, 0) is 46.3 Å². The zero-order valence-corrected chi connectivity index (χ0v) is 11.4. The van der Waals surface area contributed by atoms with E-state index in [4.69, 9.17) is 16.7 Å². The summed E-state index contributed by atoms with van der Waals surface area (Å²) in [4.78, 5) is 14.7. The first kappa shape index (κ1) is 12.9. The lowest BCUT2D eigenvalue weighted by atomic mass is 10.3. The number of carboxylic acids is 1. The molecule has 0 aliphatic rings.